The average Bonchev–Trinajstić information content (AvgIpc) is 2.97. The maximum Gasteiger partial charge on any atom is 0.251 e. The highest BCUT2D eigenvalue weighted by atomic mass is 16.1. The van der Waals surface area contributed by atoms with E-state index in [1.54, 1.807) is 6.07 Å². The minimum absolute atomic E-state index is 0.0911. The molecule has 1 aliphatic rings. The predicted octanol–water partition coefficient (Wildman–Crippen LogP) is 1.69. The second kappa shape index (κ2) is 3.70. The number of rotatable bonds is 2. The minimum atomic E-state index is -0.237. The van der Waals surface area contributed by atoms with E-state index in [-0.39, 0.29) is 17.0 Å². The standard InChI is InChI=1S/C12H19N3O/c1-12(2,3)10(13)11-14-8(7-4-5-7)6-9(16)15-11/h6-7,10H,4-5,13H2,1-3H3,(H,14,15,16). The molecule has 16 heavy (non-hydrogen) atoms. The van der Waals surface area contributed by atoms with Gasteiger partial charge in [-0.05, 0) is 18.3 Å². The molecule has 0 amide bonds. The first-order chi connectivity index (χ1) is 7.38. The third kappa shape index (κ3) is 2.32. The molecule has 0 bridgehead atoms. The monoisotopic (exact) mass is 221 g/mol. The molecule has 1 aliphatic carbocycles. The zero-order chi connectivity index (χ0) is 11.9. The molecule has 4 heteroatoms. The Kier molecular flexibility index (Phi) is 2.62. The van der Waals surface area contributed by atoms with Crippen molar-refractivity contribution in [3.63, 3.8) is 0 Å². The number of hydrogen-bond donors (Lipinski definition) is 2. The number of H-pyrrole nitrogens is 1. The van der Waals surface area contributed by atoms with Crippen LogP contribution in [-0.4, -0.2) is 9.97 Å². The molecule has 4 nitrogen and oxygen atoms in total. The Morgan fingerprint density at radius 1 is 1.50 bits per heavy atom. The van der Waals surface area contributed by atoms with Gasteiger partial charge in [-0.25, -0.2) is 4.98 Å². The van der Waals surface area contributed by atoms with Gasteiger partial charge in [-0.2, -0.15) is 0 Å². The highest BCUT2D eigenvalue weighted by Crippen LogP contribution is 2.39. The molecule has 1 heterocycles. The minimum Gasteiger partial charge on any atom is -0.321 e. The van der Waals surface area contributed by atoms with Crippen molar-refractivity contribution in [2.24, 2.45) is 11.1 Å². The molecule has 2 rings (SSSR count). The van der Waals surface area contributed by atoms with Crippen LogP contribution in [-0.2, 0) is 0 Å². The van der Waals surface area contributed by atoms with Gasteiger partial charge in [0.2, 0.25) is 0 Å². The third-order valence-corrected chi connectivity index (χ3v) is 3.00. The first kappa shape index (κ1) is 11.3. The smallest absolute Gasteiger partial charge is 0.251 e. The van der Waals surface area contributed by atoms with Crippen LogP contribution in [0.15, 0.2) is 10.9 Å². The van der Waals surface area contributed by atoms with E-state index in [4.69, 9.17) is 5.73 Å². The van der Waals surface area contributed by atoms with Crippen molar-refractivity contribution in [3.05, 3.63) is 27.9 Å². The van der Waals surface area contributed by atoms with E-state index in [2.05, 4.69) is 9.97 Å². The summed E-state index contributed by atoms with van der Waals surface area (Å²) in [6, 6.07) is 1.36. The van der Waals surface area contributed by atoms with Crippen LogP contribution in [0.25, 0.3) is 0 Å². The summed E-state index contributed by atoms with van der Waals surface area (Å²) < 4.78 is 0. The van der Waals surface area contributed by atoms with Crippen molar-refractivity contribution in [1.29, 1.82) is 0 Å². The number of nitrogens with one attached hydrogen (secondary N) is 1. The molecule has 0 aliphatic heterocycles. The Morgan fingerprint density at radius 3 is 2.62 bits per heavy atom. The second-order valence-electron chi connectivity index (χ2n) is 5.67. The molecule has 1 atom stereocenters. The van der Waals surface area contributed by atoms with Crippen LogP contribution in [0.3, 0.4) is 0 Å². The number of nitrogens with two attached hydrogens (primary N) is 1. The maximum absolute atomic E-state index is 11.5. The van der Waals surface area contributed by atoms with Gasteiger partial charge >= 0.3 is 0 Å². The highest BCUT2D eigenvalue weighted by molar-refractivity contribution is 5.15. The number of aromatic amines is 1. The summed E-state index contributed by atoms with van der Waals surface area (Å²) in [5, 5.41) is 0. The molecule has 0 aromatic carbocycles. The zero-order valence-electron chi connectivity index (χ0n) is 10.1. The lowest BCUT2D eigenvalue weighted by Gasteiger charge is -2.26. The fourth-order valence-corrected chi connectivity index (χ4v) is 1.64. The third-order valence-electron chi connectivity index (χ3n) is 3.00. The van der Waals surface area contributed by atoms with E-state index < -0.39 is 0 Å². The molecule has 1 aromatic rings. The summed E-state index contributed by atoms with van der Waals surface area (Å²) in [6.07, 6.45) is 2.28. The van der Waals surface area contributed by atoms with Crippen LogP contribution in [0.1, 0.15) is 57.1 Å². The van der Waals surface area contributed by atoms with Crippen LogP contribution in [0.4, 0.5) is 0 Å². The lowest BCUT2D eigenvalue weighted by Crippen LogP contribution is -2.30. The van der Waals surface area contributed by atoms with Crippen LogP contribution >= 0.6 is 0 Å². The normalized spacial score (nSPS) is 18.5. The Bertz CT molecular complexity index is 440. The van der Waals surface area contributed by atoms with Gasteiger partial charge < -0.3 is 10.7 Å². The Balaban J connectivity index is 2.37. The van der Waals surface area contributed by atoms with Crippen LogP contribution in [0.2, 0.25) is 0 Å². The topological polar surface area (TPSA) is 71.8 Å². The van der Waals surface area contributed by atoms with Gasteiger partial charge in [0.05, 0.1) is 11.7 Å². The Labute approximate surface area is 95.3 Å². The molecular formula is C12H19N3O. The van der Waals surface area contributed by atoms with E-state index in [0.29, 0.717) is 11.7 Å². The summed E-state index contributed by atoms with van der Waals surface area (Å²) in [4.78, 5) is 18.8. The first-order valence-corrected chi connectivity index (χ1v) is 5.74. The molecule has 1 fully saturated rings. The van der Waals surface area contributed by atoms with Crippen LogP contribution < -0.4 is 11.3 Å². The van der Waals surface area contributed by atoms with Crippen LogP contribution in [0.5, 0.6) is 0 Å². The van der Waals surface area contributed by atoms with Gasteiger partial charge in [0, 0.05) is 12.0 Å². The lowest BCUT2D eigenvalue weighted by molar-refractivity contribution is 0.314. The molecule has 88 valence electrons. The Hall–Kier alpha value is -1.16. The second-order valence-corrected chi connectivity index (χ2v) is 5.67. The van der Waals surface area contributed by atoms with E-state index in [1.165, 1.54) is 0 Å². The lowest BCUT2D eigenvalue weighted by atomic mass is 9.87. The van der Waals surface area contributed by atoms with Gasteiger partial charge in [-0.3, -0.25) is 4.79 Å². The summed E-state index contributed by atoms with van der Waals surface area (Å²) >= 11 is 0. The van der Waals surface area contributed by atoms with Gasteiger partial charge in [0.25, 0.3) is 5.56 Å². The van der Waals surface area contributed by atoms with Crippen molar-refractivity contribution in [3.8, 4) is 0 Å². The molecule has 0 saturated heterocycles. The van der Waals surface area contributed by atoms with E-state index >= 15 is 0 Å². The molecule has 1 saturated carbocycles. The fourth-order valence-electron chi connectivity index (χ4n) is 1.64. The average molecular weight is 221 g/mol. The Morgan fingerprint density at radius 2 is 2.12 bits per heavy atom. The quantitative estimate of drug-likeness (QED) is 0.798. The predicted molar refractivity (Wildman–Crippen MR) is 63.2 cm³/mol. The molecule has 0 radical (unpaired) electrons. The summed E-state index contributed by atoms with van der Waals surface area (Å²) in [7, 11) is 0. The van der Waals surface area contributed by atoms with Crippen molar-refractivity contribution < 1.29 is 0 Å². The summed E-state index contributed by atoms with van der Waals surface area (Å²) in [5.41, 5.74) is 6.81. The van der Waals surface area contributed by atoms with Crippen LogP contribution in [0, 0.1) is 5.41 Å². The zero-order valence-corrected chi connectivity index (χ0v) is 10.1. The van der Waals surface area contributed by atoms with Gasteiger partial charge in [0.1, 0.15) is 5.82 Å². The van der Waals surface area contributed by atoms with E-state index in [1.807, 2.05) is 20.8 Å². The fraction of sp³-hybridized carbons (Fsp3) is 0.667. The number of nitrogens with zero attached hydrogens (tertiary/aromatic N) is 1. The van der Waals surface area contributed by atoms with Gasteiger partial charge in [0.15, 0.2) is 0 Å². The number of hydrogen-bond acceptors (Lipinski definition) is 3. The van der Waals surface area contributed by atoms with Crippen molar-refractivity contribution in [2.75, 3.05) is 0 Å². The molecule has 0 spiro atoms. The van der Waals surface area contributed by atoms with E-state index in [9.17, 15) is 4.79 Å². The maximum atomic E-state index is 11.5. The number of aromatic nitrogens is 2. The molecule has 1 aromatic heterocycles. The molecular weight excluding hydrogens is 202 g/mol. The molecule has 3 N–H and O–H groups in total. The highest BCUT2D eigenvalue weighted by Gasteiger charge is 2.29. The summed E-state index contributed by atoms with van der Waals surface area (Å²) in [6.45, 7) is 6.13. The van der Waals surface area contributed by atoms with Gasteiger partial charge in [-0.15, -0.1) is 0 Å². The molecule has 1 unspecified atom stereocenters. The summed E-state index contributed by atoms with van der Waals surface area (Å²) in [5.74, 6) is 1.09. The van der Waals surface area contributed by atoms with Crippen molar-refractivity contribution in [1.82, 2.24) is 9.97 Å². The van der Waals surface area contributed by atoms with Crippen molar-refractivity contribution in [2.45, 2.75) is 45.6 Å². The SMILES string of the molecule is CC(C)(C)C(N)c1nc(C2CC2)cc(=O)[nH]1. The largest absolute Gasteiger partial charge is 0.321 e. The van der Waals surface area contributed by atoms with Gasteiger partial charge in [-0.1, -0.05) is 20.8 Å². The van der Waals surface area contributed by atoms with E-state index in [0.717, 1.165) is 18.5 Å². The first-order valence-electron chi connectivity index (χ1n) is 5.74. The van der Waals surface area contributed by atoms with Crippen molar-refractivity contribution >= 4 is 0 Å².